The van der Waals surface area contributed by atoms with Gasteiger partial charge in [-0.2, -0.15) is 13.2 Å². The van der Waals surface area contributed by atoms with Crippen LogP contribution >= 0.6 is 11.8 Å². The van der Waals surface area contributed by atoms with Crippen molar-refractivity contribution in [3.05, 3.63) is 35.2 Å². The smallest absolute Gasteiger partial charge is 0.378 e. The molecule has 3 heterocycles. The van der Waals surface area contributed by atoms with E-state index in [9.17, 15) is 18.0 Å². The number of nitrogens with one attached hydrogen (secondary N) is 1. The number of ether oxygens (including phenoxy) is 2. The number of alkyl halides is 3. The average Bonchev–Trinajstić information content (AvgIpc) is 3.41. The van der Waals surface area contributed by atoms with Crippen molar-refractivity contribution in [2.45, 2.75) is 50.7 Å². The molecule has 11 heteroatoms. The van der Waals surface area contributed by atoms with Crippen molar-refractivity contribution in [3.8, 4) is 0 Å². The van der Waals surface area contributed by atoms with Gasteiger partial charge in [0.05, 0.1) is 54.2 Å². The summed E-state index contributed by atoms with van der Waals surface area (Å²) in [5.41, 5.74) is 1.81. The van der Waals surface area contributed by atoms with E-state index in [1.807, 2.05) is 18.7 Å². The van der Waals surface area contributed by atoms with Crippen LogP contribution < -0.4 is 10.2 Å². The topological polar surface area (TPSA) is 68.6 Å². The van der Waals surface area contributed by atoms with Gasteiger partial charge in [-0.1, -0.05) is 11.8 Å². The van der Waals surface area contributed by atoms with E-state index < -0.39 is 11.7 Å². The Kier molecular flexibility index (Phi) is 7.73. The number of carbonyl (C=O) groups excluding carboxylic acids is 1. The lowest BCUT2D eigenvalue weighted by Crippen LogP contribution is -2.37. The third-order valence-electron chi connectivity index (χ3n) is 6.12. The minimum atomic E-state index is -4.50. The molecule has 1 unspecified atom stereocenters. The first kappa shape index (κ1) is 24.9. The van der Waals surface area contributed by atoms with Gasteiger partial charge in [0.1, 0.15) is 0 Å². The van der Waals surface area contributed by atoms with E-state index >= 15 is 0 Å². The number of hydrogen-bond acceptors (Lipinski definition) is 6. The van der Waals surface area contributed by atoms with E-state index in [-0.39, 0.29) is 23.5 Å². The zero-order valence-electron chi connectivity index (χ0n) is 19.3. The predicted molar refractivity (Wildman–Crippen MR) is 125 cm³/mol. The minimum Gasteiger partial charge on any atom is -0.378 e. The summed E-state index contributed by atoms with van der Waals surface area (Å²) in [6, 6.07) is 3.46. The zero-order chi connectivity index (χ0) is 24.3. The number of hydrogen-bond donors (Lipinski definition) is 1. The van der Waals surface area contributed by atoms with Gasteiger partial charge in [0.2, 0.25) is 5.91 Å². The second-order valence-corrected chi connectivity index (χ2v) is 9.42. The summed E-state index contributed by atoms with van der Waals surface area (Å²) in [5.74, 6) is -0.360. The van der Waals surface area contributed by atoms with Crippen LogP contribution in [0.15, 0.2) is 23.4 Å². The molecule has 0 bridgehead atoms. The quantitative estimate of drug-likeness (QED) is 0.576. The molecule has 34 heavy (non-hydrogen) atoms. The number of aryl methyl sites for hydroxylation is 1. The van der Waals surface area contributed by atoms with Crippen LogP contribution in [0, 0.1) is 13.8 Å². The number of rotatable bonds is 7. The Morgan fingerprint density at radius 1 is 1.24 bits per heavy atom. The highest BCUT2D eigenvalue weighted by molar-refractivity contribution is 7.99. The fourth-order valence-electron chi connectivity index (χ4n) is 4.15. The Labute approximate surface area is 201 Å². The SMILES string of the molecule is Cc1nc(SCC(=O)Nc2cc(C(F)(F)F)ccc2N2CCOCC2)n(CC2CCCO2)c1C. The highest BCUT2D eigenvalue weighted by atomic mass is 32.2. The molecule has 2 aliphatic rings. The highest BCUT2D eigenvalue weighted by Crippen LogP contribution is 2.36. The molecule has 7 nitrogen and oxygen atoms in total. The summed E-state index contributed by atoms with van der Waals surface area (Å²) < 4.78 is 53.1. The van der Waals surface area contributed by atoms with Crippen LogP contribution in [0.25, 0.3) is 0 Å². The molecule has 4 rings (SSSR count). The number of halogens is 3. The highest BCUT2D eigenvalue weighted by Gasteiger charge is 2.32. The Morgan fingerprint density at radius 3 is 2.68 bits per heavy atom. The third kappa shape index (κ3) is 5.87. The Morgan fingerprint density at radius 2 is 2.00 bits per heavy atom. The van der Waals surface area contributed by atoms with Crippen LogP contribution in [0.5, 0.6) is 0 Å². The molecule has 2 fully saturated rings. The maximum Gasteiger partial charge on any atom is 0.416 e. The van der Waals surface area contributed by atoms with E-state index in [0.717, 1.165) is 43.0 Å². The molecule has 2 saturated heterocycles. The van der Waals surface area contributed by atoms with Crippen molar-refractivity contribution in [2.24, 2.45) is 0 Å². The van der Waals surface area contributed by atoms with E-state index in [1.54, 1.807) is 0 Å². The summed E-state index contributed by atoms with van der Waals surface area (Å²) in [6.07, 6.45) is -2.35. The van der Waals surface area contributed by atoms with Crippen molar-refractivity contribution in [2.75, 3.05) is 48.9 Å². The first-order valence-electron chi connectivity index (χ1n) is 11.3. The van der Waals surface area contributed by atoms with Crippen LogP contribution in [-0.4, -0.2) is 60.2 Å². The normalized spacial score (nSPS) is 19.0. The van der Waals surface area contributed by atoms with Gasteiger partial charge < -0.3 is 24.3 Å². The molecule has 0 saturated carbocycles. The second-order valence-electron chi connectivity index (χ2n) is 8.48. The van der Waals surface area contributed by atoms with Gasteiger partial charge in [-0.25, -0.2) is 4.98 Å². The standard InChI is InChI=1S/C23H29F3N4O3S/c1-15-16(2)30(13-18-4-3-9-33-18)22(27-15)34-14-21(31)28-19-12-17(23(24,25)26)5-6-20(19)29-7-10-32-11-8-29/h5-6,12,18H,3-4,7-11,13-14H2,1-2H3,(H,28,31). The van der Waals surface area contributed by atoms with Gasteiger partial charge in [0, 0.05) is 25.4 Å². The molecule has 0 radical (unpaired) electrons. The molecule has 2 aliphatic heterocycles. The van der Waals surface area contributed by atoms with Gasteiger partial charge in [-0.15, -0.1) is 0 Å². The molecule has 1 amide bonds. The van der Waals surface area contributed by atoms with Gasteiger partial charge in [-0.05, 0) is 44.9 Å². The predicted octanol–water partition coefficient (Wildman–Crippen LogP) is 4.27. The van der Waals surface area contributed by atoms with Crippen molar-refractivity contribution >= 4 is 29.0 Å². The molecular formula is C23H29F3N4O3S. The summed E-state index contributed by atoms with van der Waals surface area (Å²) >= 11 is 1.27. The number of benzene rings is 1. The fraction of sp³-hybridized carbons (Fsp3) is 0.565. The van der Waals surface area contributed by atoms with Crippen molar-refractivity contribution < 1.29 is 27.4 Å². The van der Waals surface area contributed by atoms with Crippen LogP contribution in [0.3, 0.4) is 0 Å². The Hall–Kier alpha value is -2.24. The average molecular weight is 499 g/mol. The van der Waals surface area contributed by atoms with Crippen LogP contribution in [-0.2, 0) is 27.0 Å². The minimum absolute atomic E-state index is 0.0280. The van der Waals surface area contributed by atoms with Gasteiger partial charge in [0.15, 0.2) is 5.16 Å². The van der Waals surface area contributed by atoms with E-state index in [2.05, 4.69) is 14.9 Å². The monoisotopic (exact) mass is 498 g/mol. The number of amides is 1. The molecular weight excluding hydrogens is 469 g/mol. The molecule has 1 aromatic heterocycles. The lowest BCUT2D eigenvalue weighted by atomic mass is 10.1. The second kappa shape index (κ2) is 10.6. The van der Waals surface area contributed by atoms with Gasteiger partial charge in [-0.3, -0.25) is 4.79 Å². The fourth-order valence-corrected chi connectivity index (χ4v) is 5.05. The summed E-state index contributed by atoms with van der Waals surface area (Å²) in [6.45, 7) is 7.38. The van der Waals surface area contributed by atoms with Crippen LogP contribution in [0.1, 0.15) is 29.8 Å². The van der Waals surface area contributed by atoms with Crippen LogP contribution in [0.4, 0.5) is 24.5 Å². The van der Waals surface area contributed by atoms with Gasteiger partial charge >= 0.3 is 6.18 Å². The summed E-state index contributed by atoms with van der Waals surface area (Å²) in [7, 11) is 0. The number of aromatic nitrogens is 2. The number of thioether (sulfide) groups is 1. The van der Waals surface area contributed by atoms with Crippen LogP contribution in [0.2, 0.25) is 0 Å². The van der Waals surface area contributed by atoms with E-state index in [0.29, 0.717) is 43.7 Å². The first-order valence-corrected chi connectivity index (χ1v) is 12.3. The lowest BCUT2D eigenvalue weighted by Gasteiger charge is -2.31. The number of anilines is 2. The van der Waals surface area contributed by atoms with Crippen molar-refractivity contribution in [3.63, 3.8) is 0 Å². The maximum absolute atomic E-state index is 13.3. The Bertz CT molecular complexity index is 1020. The maximum atomic E-state index is 13.3. The number of carbonyl (C=O) groups is 1. The summed E-state index contributed by atoms with van der Waals surface area (Å²) in [4.78, 5) is 19.3. The first-order chi connectivity index (χ1) is 16.2. The molecule has 0 spiro atoms. The molecule has 1 N–H and O–H groups in total. The molecule has 2 aromatic rings. The molecule has 186 valence electrons. The molecule has 0 aliphatic carbocycles. The third-order valence-corrected chi connectivity index (χ3v) is 7.09. The number of morpholine rings is 1. The van der Waals surface area contributed by atoms with Crippen molar-refractivity contribution in [1.82, 2.24) is 9.55 Å². The van der Waals surface area contributed by atoms with Gasteiger partial charge in [0.25, 0.3) is 0 Å². The lowest BCUT2D eigenvalue weighted by molar-refractivity contribution is -0.137. The Balaban J connectivity index is 1.48. The largest absolute Gasteiger partial charge is 0.416 e. The van der Waals surface area contributed by atoms with E-state index in [4.69, 9.17) is 9.47 Å². The van der Waals surface area contributed by atoms with Crippen molar-refractivity contribution in [1.29, 1.82) is 0 Å². The number of imidazole rings is 1. The molecule has 1 atom stereocenters. The number of nitrogens with zero attached hydrogens (tertiary/aromatic N) is 3. The zero-order valence-corrected chi connectivity index (χ0v) is 20.1. The molecule has 1 aromatic carbocycles. The van der Waals surface area contributed by atoms with E-state index in [1.165, 1.54) is 17.8 Å². The summed E-state index contributed by atoms with van der Waals surface area (Å²) in [5, 5.41) is 3.41.